The van der Waals surface area contributed by atoms with Crippen molar-refractivity contribution in [2.45, 2.75) is 4.21 Å². The molecule has 0 spiro atoms. The summed E-state index contributed by atoms with van der Waals surface area (Å²) in [6, 6.07) is 5.31. The van der Waals surface area contributed by atoms with Gasteiger partial charge in [-0.25, -0.2) is 0 Å². The fraction of sp³-hybridized carbons (Fsp3) is 0. The zero-order valence-electron chi connectivity index (χ0n) is 7.14. The summed E-state index contributed by atoms with van der Waals surface area (Å²) >= 11 is 5.64. The second-order valence-electron chi connectivity index (χ2n) is 2.95. The van der Waals surface area contributed by atoms with Crippen molar-refractivity contribution in [3.8, 4) is 0 Å². The number of thiol groups is 1. The summed E-state index contributed by atoms with van der Waals surface area (Å²) in [6.45, 7) is 0. The number of benzene rings is 1. The summed E-state index contributed by atoms with van der Waals surface area (Å²) in [5.74, 6) is 0. The maximum Gasteiger partial charge on any atom is 0.490 e. The van der Waals surface area contributed by atoms with Crippen LogP contribution in [-0.4, -0.2) is 17.2 Å². The van der Waals surface area contributed by atoms with E-state index in [9.17, 15) is 0 Å². The van der Waals surface area contributed by atoms with Gasteiger partial charge in [0.15, 0.2) is 0 Å². The lowest BCUT2D eigenvalue weighted by atomic mass is 9.79. The maximum atomic E-state index is 9.03. The second-order valence-corrected chi connectivity index (χ2v) is 4.78. The van der Waals surface area contributed by atoms with E-state index in [1.807, 2.05) is 6.07 Å². The Balaban J connectivity index is 2.74. The molecule has 0 fully saturated rings. The number of thiophene rings is 1. The van der Waals surface area contributed by atoms with E-state index in [0.717, 1.165) is 14.3 Å². The van der Waals surface area contributed by atoms with E-state index in [-0.39, 0.29) is 0 Å². The van der Waals surface area contributed by atoms with Gasteiger partial charge in [-0.2, -0.15) is 0 Å². The lowest BCUT2D eigenvalue weighted by Crippen LogP contribution is -2.32. The van der Waals surface area contributed by atoms with Crippen LogP contribution in [-0.2, 0) is 0 Å². The molecule has 0 aliphatic rings. The summed E-state index contributed by atoms with van der Waals surface area (Å²) in [7, 11) is -1.52. The molecule has 6 heteroatoms. The molecular weight excluding hydrogens is 217 g/mol. The number of nitrogens with two attached hydrogens (primary N) is 1. The highest BCUT2D eigenvalue weighted by Crippen LogP contribution is 2.31. The maximum absolute atomic E-state index is 9.03. The first-order valence-electron chi connectivity index (χ1n) is 3.96. The van der Waals surface area contributed by atoms with Crippen molar-refractivity contribution in [1.29, 1.82) is 0 Å². The average molecular weight is 225 g/mol. The number of fused-ring (bicyclic) bond motifs is 1. The second kappa shape index (κ2) is 3.47. The number of hydrogen-bond donors (Lipinski definition) is 4. The van der Waals surface area contributed by atoms with Gasteiger partial charge in [0.25, 0.3) is 0 Å². The van der Waals surface area contributed by atoms with Crippen LogP contribution in [0.5, 0.6) is 0 Å². The van der Waals surface area contributed by atoms with Crippen LogP contribution in [0, 0.1) is 0 Å². The van der Waals surface area contributed by atoms with Gasteiger partial charge in [-0.05, 0) is 11.5 Å². The molecule has 0 amide bonds. The van der Waals surface area contributed by atoms with E-state index in [2.05, 4.69) is 12.6 Å². The first-order chi connectivity index (χ1) is 6.59. The van der Waals surface area contributed by atoms with Crippen LogP contribution in [0.3, 0.4) is 0 Å². The van der Waals surface area contributed by atoms with Crippen LogP contribution in [0.15, 0.2) is 22.4 Å². The smallest absolute Gasteiger partial charge is 0.423 e. The SMILES string of the molecule is Nc1c(B(O)O)ccc2cc(S)sc12. The van der Waals surface area contributed by atoms with Crippen molar-refractivity contribution in [2.75, 3.05) is 5.73 Å². The van der Waals surface area contributed by atoms with Crippen molar-refractivity contribution in [2.24, 2.45) is 0 Å². The standard InChI is InChI=1S/C8H8BNO2S2/c10-7-5(9(11)12)2-1-4-3-6(13)14-8(4)7/h1-3,11-13H,10H2. The molecule has 1 aromatic heterocycles. The van der Waals surface area contributed by atoms with E-state index in [1.165, 1.54) is 11.3 Å². The Hall–Kier alpha value is -0.685. The van der Waals surface area contributed by atoms with Gasteiger partial charge in [-0.15, -0.1) is 24.0 Å². The first kappa shape index (κ1) is 9.85. The first-order valence-corrected chi connectivity index (χ1v) is 5.23. The quantitative estimate of drug-likeness (QED) is 0.323. The monoisotopic (exact) mass is 225 g/mol. The van der Waals surface area contributed by atoms with Gasteiger partial charge in [0, 0.05) is 11.2 Å². The molecule has 1 heterocycles. The molecule has 2 rings (SSSR count). The Labute approximate surface area is 90.7 Å². The molecule has 72 valence electrons. The lowest BCUT2D eigenvalue weighted by Gasteiger charge is -2.04. The Kier molecular flexibility index (Phi) is 2.44. The summed E-state index contributed by atoms with van der Waals surface area (Å²) in [4.78, 5) is 0. The third kappa shape index (κ3) is 1.50. The molecule has 0 aliphatic heterocycles. The zero-order chi connectivity index (χ0) is 10.3. The Morgan fingerprint density at radius 1 is 1.36 bits per heavy atom. The highest BCUT2D eigenvalue weighted by molar-refractivity contribution is 7.83. The topological polar surface area (TPSA) is 66.5 Å². The number of rotatable bonds is 1. The summed E-state index contributed by atoms with van der Waals surface area (Å²) in [5, 5.41) is 19.0. The largest absolute Gasteiger partial charge is 0.490 e. The van der Waals surface area contributed by atoms with Gasteiger partial charge in [-0.3, -0.25) is 0 Å². The molecule has 0 aliphatic carbocycles. The summed E-state index contributed by atoms with van der Waals surface area (Å²) < 4.78 is 1.71. The van der Waals surface area contributed by atoms with Crippen LogP contribution in [0.1, 0.15) is 0 Å². The molecule has 0 unspecified atom stereocenters. The molecule has 0 atom stereocenters. The van der Waals surface area contributed by atoms with Gasteiger partial charge in [0.1, 0.15) is 0 Å². The normalized spacial score (nSPS) is 10.8. The van der Waals surface area contributed by atoms with E-state index in [0.29, 0.717) is 11.2 Å². The molecule has 4 N–H and O–H groups in total. The van der Waals surface area contributed by atoms with Gasteiger partial charge in [0.05, 0.1) is 8.91 Å². The van der Waals surface area contributed by atoms with Crippen molar-refractivity contribution in [3.63, 3.8) is 0 Å². The minimum absolute atomic E-state index is 0.340. The minimum Gasteiger partial charge on any atom is -0.423 e. The van der Waals surface area contributed by atoms with Crippen molar-refractivity contribution in [1.82, 2.24) is 0 Å². The molecule has 2 aromatic rings. The number of nitrogen functional groups attached to an aromatic ring is 1. The predicted molar refractivity (Wildman–Crippen MR) is 63.3 cm³/mol. The van der Waals surface area contributed by atoms with E-state index < -0.39 is 7.12 Å². The molecule has 1 aromatic carbocycles. The number of hydrogen-bond acceptors (Lipinski definition) is 5. The number of anilines is 1. The third-order valence-corrected chi connectivity index (χ3v) is 3.41. The Morgan fingerprint density at radius 3 is 2.71 bits per heavy atom. The van der Waals surface area contributed by atoms with Crippen LogP contribution < -0.4 is 11.2 Å². The van der Waals surface area contributed by atoms with Crippen LogP contribution in [0.25, 0.3) is 10.1 Å². The highest BCUT2D eigenvalue weighted by atomic mass is 32.2. The van der Waals surface area contributed by atoms with E-state index >= 15 is 0 Å². The third-order valence-electron chi connectivity index (χ3n) is 2.02. The van der Waals surface area contributed by atoms with Crippen molar-refractivity contribution < 1.29 is 10.0 Å². The molecule has 0 saturated heterocycles. The van der Waals surface area contributed by atoms with Crippen LogP contribution in [0.2, 0.25) is 0 Å². The molecule has 0 radical (unpaired) electrons. The van der Waals surface area contributed by atoms with Crippen molar-refractivity contribution in [3.05, 3.63) is 18.2 Å². The lowest BCUT2D eigenvalue weighted by molar-refractivity contribution is 0.426. The van der Waals surface area contributed by atoms with E-state index in [1.54, 1.807) is 12.1 Å². The van der Waals surface area contributed by atoms with Crippen LogP contribution in [0.4, 0.5) is 5.69 Å². The summed E-state index contributed by atoms with van der Waals surface area (Å²) in [6.07, 6.45) is 0. The predicted octanol–water partition coefficient (Wildman–Crippen LogP) is 0.452. The minimum atomic E-state index is -1.52. The molecule has 14 heavy (non-hydrogen) atoms. The zero-order valence-corrected chi connectivity index (χ0v) is 8.85. The fourth-order valence-corrected chi connectivity index (χ4v) is 2.63. The highest BCUT2D eigenvalue weighted by Gasteiger charge is 2.17. The van der Waals surface area contributed by atoms with E-state index in [4.69, 9.17) is 15.8 Å². The van der Waals surface area contributed by atoms with Crippen molar-refractivity contribution >= 4 is 52.3 Å². The Morgan fingerprint density at radius 2 is 2.07 bits per heavy atom. The van der Waals surface area contributed by atoms with Gasteiger partial charge >= 0.3 is 7.12 Å². The molecule has 0 bridgehead atoms. The van der Waals surface area contributed by atoms with Gasteiger partial charge < -0.3 is 15.8 Å². The fourth-order valence-electron chi connectivity index (χ4n) is 1.35. The molecule has 0 saturated carbocycles. The summed E-state index contributed by atoms with van der Waals surface area (Å²) in [5.41, 5.74) is 6.55. The van der Waals surface area contributed by atoms with Gasteiger partial charge in [0.2, 0.25) is 0 Å². The molecular formula is C8H8BNO2S2. The van der Waals surface area contributed by atoms with Crippen LogP contribution >= 0.6 is 24.0 Å². The molecule has 3 nitrogen and oxygen atoms in total. The average Bonchev–Trinajstić information content (AvgIpc) is 2.46. The Bertz CT molecular complexity index is 483. The van der Waals surface area contributed by atoms with Gasteiger partial charge in [-0.1, -0.05) is 12.1 Å².